The minimum atomic E-state index is -3.85. The fourth-order valence-electron chi connectivity index (χ4n) is 4.78. The summed E-state index contributed by atoms with van der Waals surface area (Å²) in [6.45, 7) is 10.4. The molecule has 3 aromatic carbocycles. The first-order valence-electron chi connectivity index (χ1n) is 13.3. The van der Waals surface area contributed by atoms with E-state index in [-0.39, 0.29) is 15.5 Å². The third-order valence-corrected chi connectivity index (χ3v) is 9.35. The number of amides is 1. The van der Waals surface area contributed by atoms with E-state index in [1.807, 2.05) is 28.8 Å². The summed E-state index contributed by atoms with van der Waals surface area (Å²) in [5, 5.41) is 0.749. The maximum atomic E-state index is 13.2. The Morgan fingerprint density at radius 2 is 1.60 bits per heavy atom. The number of piperazine rings is 1. The lowest BCUT2D eigenvalue weighted by Gasteiger charge is -2.35. The van der Waals surface area contributed by atoms with E-state index in [1.54, 1.807) is 42.6 Å². The largest absolute Gasteiger partial charge is 0.336 e. The molecular formula is C31H34N4O3S2. The van der Waals surface area contributed by atoms with Crippen LogP contribution < -0.4 is 4.72 Å². The van der Waals surface area contributed by atoms with Crippen LogP contribution in [0, 0.1) is 0 Å². The number of carbonyl (C=O) groups is 1. The molecular weight excluding hydrogens is 541 g/mol. The number of nitrogens with one attached hydrogen (secondary N) is 1. The quantitative estimate of drug-likeness (QED) is 0.278. The van der Waals surface area contributed by atoms with Crippen LogP contribution in [0.3, 0.4) is 0 Å². The van der Waals surface area contributed by atoms with Gasteiger partial charge in [-0.25, -0.2) is 8.42 Å². The molecule has 1 aliphatic heterocycles. The molecule has 0 saturated carbocycles. The van der Waals surface area contributed by atoms with Gasteiger partial charge < -0.3 is 4.90 Å². The van der Waals surface area contributed by atoms with Crippen molar-refractivity contribution in [1.29, 1.82) is 0 Å². The predicted octanol–water partition coefficient (Wildman–Crippen LogP) is 5.88. The summed E-state index contributed by atoms with van der Waals surface area (Å²) in [4.78, 5) is 23.1. The van der Waals surface area contributed by atoms with E-state index in [1.165, 1.54) is 16.5 Å². The van der Waals surface area contributed by atoms with Crippen LogP contribution in [-0.4, -0.2) is 60.0 Å². The molecule has 1 saturated heterocycles. The van der Waals surface area contributed by atoms with Crippen LogP contribution in [0.5, 0.6) is 0 Å². The van der Waals surface area contributed by atoms with E-state index >= 15 is 0 Å². The second-order valence-corrected chi connectivity index (χ2v) is 14.4. The van der Waals surface area contributed by atoms with E-state index in [9.17, 15) is 13.2 Å². The molecule has 1 amide bonds. The highest BCUT2D eigenvalue weighted by Crippen LogP contribution is 2.34. The standard InChI is InChI=1S/C31H34N4O3S2/c1-31(2,3)39-27-11-5-4-8-25(27)22-34-18-20-35(21-19-34)30(36)24-13-15-26(16-14-24)33-40(37,38)28-12-6-9-23-10-7-17-32-29(23)28/h4-17,33H,18-22H2,1-3H3. The van der Waals surface area contributed by atoms with Crippen molar-refractivity contribution < 1.29 is 13.2 Å². The predicted molar refractivity (Wildman–Crippen MR) is 162 cm³/mol. The molecule has 0 aliphatic carbocycles. The van der Waals surface area contributed by atoms with Crippen LogP contribution >= 0.6 is 11.8 Å². The second-order valence-electron chi connectivity index (χ2n) is 10.9. The molecule has 9 heteroatoms. The molecule has 1 aliphatic rings. The number of rotatable bonds is 7. The molecule has 4 aromatic rings. The van der Waals surface area contributed by atoms with Crippen molar-refractivity contribution in [2.45, 2.75) is 41.9 Å². The Balaban J connectivity index is 1.20. The topological polar surface area (TPSA) is 82.6 Å². The van der Waals surface area contributed by atoms with E-state index in [2.05, 4.69) is 59.6 Å². The van der Waals surface area contributed by atoms with Crippen LogP contribution in [0.4, 0.5) is 5.69 Å². The maximum absolute atomic E-state index is 13.2. The number of hydrogen-bond donors (Lipinski definition) is 1. The molecule has 1 fully saturated rings. The molecule has 0 spiro atoms. The van der Waals surface area contributed by atoms with Gasteiger partial charge in [-0.05, 0) is 48.0 Å². The number of pyridine rings is 1. The highest BCUT2D eigenvalue weighted by molar-refractivity contribution is 8.00. The molecule has 0 atom stereocenters. The van der Waals surface area contributed by atoms with E-state index < -0.39 is 10.0 Å². The van der Waals surface area contributed by atoms with Gasteiger partial charge in [-0.3, -0.25) is 19.4 Å². The van der Waals surface area contributed by atoms with E-state index in [0.717, 1.165) is 25.0 Å². The van der Waals surface area contributed by atoms with E-state index in [4.69, 9.17) is 0 Å². The van der Waals surface area contributed by atoms with Crippen LogP contribution in [0.25, 0.3) is 10.9 Å². The fourth-order valence-corrected chi connectivity index (χ4v) is 7.09. The van der Waals surface area contributed by atoms with Crippen LogP contribution in [0.1, 0.15) is 36.7 Å². The lowest BCUT2D eigenvalue weighted by molar-refractivity contribution is 0.0627. The summed E-state index contributed by atoms with van der Waals surface area (Å²) in [6.07, 6.45) is 1.58. The number of nitrogens with zero attached hydrogens (tertiary/aromatic N) is 3. The molecule has 5 rings (SSSR count). The van der Waals surface area contributed by atoms with Gasteiger partial charge in [0.05, 0.1) is 5.52 Å². The van der Waals surface area contributed by atoms with Crippen molar-refractivity contribution in [3.8, 4) is 0 Å². The molecule has 208 valence electrons. The van der Waals surface area contributed by atoms with Gasteiger partial charge in [0, 0.05) is 65.2 Å². The SMILES string of the molecule is CC(C)(C)Sc1ccccc1CN1CCN(C(=O)c2ccc(NS(=O)(=O)c3cccc4cccnc34)cc2)CC1. The van der Waals surface area contributed by atoms with Gasteiger partial charge in [-0.15, -0.1) is 11.8 Å². The van der Waals surface area contributed by atoms with Gasteiger partial charge in [-0.1, -0.05) is 57.2 Å². The van der Waals surface area contributed by atoms with Gasteiger partial charge in [0.2, 0.25) is 0 Å². The van der Waals surface area contributed by atoms with E-state index in [0.29, 0.717) is 29.9 Å². The first kappa shape index (κ1) is 28.1. The number of hydrogen-bond acceptors (Lipinski definition) is 6. The highest BCUT2D eigenvalue weighted by Gasteiger charge is 2.24. The zero-order chi connectivity index (χ0) is 28.3. The Morgan fingerprint density at radius 3 is 2.33 bits per heavy atom. The van der Waals surface area contributed by atoms with Gasteiger partial charge >= 0.3 is 0 Å². The second kappa shape index (κ2) is 11.6. The number of fused-ring (bicyclic) bond motifs is 1. The zero-order valence-electron chi connectivity index (χ0n) is 23.0. The minimum absolute atomic E-state index is 0.0454. The number of aromatic nitrogens is 1. The number of thioether (sulfide) groups is 1. The minimum Gasteiger partial charge on any atom is -0.336 e. The Hall–Kier alpha value is -3.40. The molecule has 1 aromatic heterocycles. The van der Waals surface area contributed by atoms with Gasteiger partial charge in [0.1, 0.15) is 4.90 Å². The Kier molecular flexibility index (Phi) is 8.16. The van der Waals surface area contributed by atoms with Crippen LogP contribution in [-0.2, 0) is 16.6 Å². The molecule has 7 nitrogen and oxygen atoms in total. The van der Waals surface area contributed by atoms with Gasteiger partial charge in [0.15, 0.2) is 0 Å². The number of carbonyl (C=O) groups excluding carboxylic acids is 1. The third-order valence-electron chi connectivity index (χ3n) is 6.71. The van der Waals surface area contributed by atoms with Crippen molar-refractivity contribution in [2.75, 3.05) is 30.9 Å². The van der Waals surface area contributed by atoms with Crippen LogP contribution in [0.2, 0.25) is 0 Å². The normalized spacial score (nSPS) is 14.8. The summed E-state index contributed by atoms with van der Waals surface area (Å²) in [5.74, 6) is -0.0454. The highest BCUT2D eigenvalue weighted by atomic mass is 32.2. The number of benzene rings is 3. The Labute approximate surface area is 240 Å². The number of para-hydroxylation sites is 1. The lowest BCUT2D eigenvalue weighted by atomic mass is 10.1. The summed E-state index contributed by atoms with van der Waals surface area (Å²) in [7, 11) is -3.85. The number of sulfonamides is 1. The van der Waals surface area contributed by atoms with Crippen molar-refractivity contribution in [3.05, 3.63) is 96.2 Å². The first-order chi connectivity index (χ1) is 19.1. The number of anilines is 1. The molecule has 2 heterocycles. The molecule has 40 heavy (non-hydrogen) atoms. The lowest BCUT2D eigenvalue weighted by Crippen LogP contribution is -2.48. The average molecular weight is 575 g/mol. The van der Waals surface area contributed by atoms with Crippen molar-refractivity contribution in [1.82, 2.24) is 14.8 Å². The molecule has 0 bridgehead atoms. The summed E-state index contributed by atoms with van der Waals surface area (Å²) >= 11 is 1.88. The summed E-state index contributed by atoms with van der Waals surface area (Å²) in [5.41, 5.74) is 2.66. The van der Waals surface area contributed by atoms with Crippen molar-refractivity contribution >= 4 is 44.3 Å². The van der Waals surface area contributed by atoms with Crippen molar-refractivity contribution in [3.63, 3.8) is 0 Å². The van der Waals surface area contributed by atoms with Crippen molar-refractivity contribution in [2.24, 2.45) is 0 Å². The summed E-state index contributed by atoms with van der Waals surface area (Å²) < 4.78 is 29.0. The Morgan fingerprint density at radius 1 is 0.900 bits per heavy atom. The third kappa shape index (κ3) is 6.66. The zero-order valence-corrected chi connectivity index (χ0v) is 24.6. The van der Waals surface area contributed by atoms with Crippen LogP contribution in [0.15, 0.2) is 94.9 Å². The molecule has 0 unspecified atom stereocenters. The fraction of sp³-hybridized carbons (Fsp3) is 0.290. The molecule has 0 radical (unpaired) electrons. The maximum Gasteiger partial charge on any atom is 0.264 e. The van der Waals surface area contributed by atoms with Gasteiger partial charge in [0.25, 0.3) is 15.9 Å². The van der Waals surface area contributed by atoms with Gasteiger partial charge in [-0.2, -0.15) is 0 Å². The average Bonchev–Trinajstić information content (AvgIpc) is 2.93. The monoisotopic (exact) mass is 574 g/mol. The molecule has 1 N–H and O–H groups in total. The smallest absolute Gasteiger partial charge is 0.264 e. The Bertz CT molecular complexity index is 1600. The summed E-state index contributed by atoms with van der Waals surface area (Å²) in [6, 6.07) is 23.8. The first-order valence-corrected chi connectivity index (χ1v) is 15.6.